The maximum atomic E-state index is 10.2. The zero-order valence-electron chi connectivity index (χ0n) is 33.0. The third-order valence-electron chi connectivity index (χ3n) is 12.3. The predicted molar refractivity (Wildman–Crippen MR) is 243 cm³/mol. The molecule has 0 bridgehead atoms. The lowest BCUT2D eigenvalue weighted by Gasteiger charge is -2.31. The van der Waals surface area contributed by atoms with Crippen molar-refractivity contribution in [1.29, 1.82) is 5.26 Å². The predicted octanol–water partition coefficient (Wildman–Crippen LogP) is 12.6. The first-order chi connectivity index (χ1) is 30.6. The molecule has 3 heterocycles. The van der Waals surface area contributed by atoms with Crippen molar-refractivity contribution in [3.63, 3.8) is 0 Å². The van der Waals surface area contributed by atoms with Crippen molar-refractivity contribution in [1.82, 2.24) is 24.3 Å². The lowest BCUT2D eigenvalue weighted by atomic mass is 9.70. The standard InChI is InChI=1S/C55H31N7/c1-57-40-24-27-44-42-25-22-34(33-56)29-46(42)55(48(44)32-40)45-20-9-8-19-41(45)43-26-23-39(31-47(43)55)54-60-52(36-15-6-3-7-16-36)59-53(61-54)38-18-12-17-37(30-38)51-50(35-13-4-2-5-14-35)58-49-21-10-11-28-62(49)51/h2-32H. The Morgan fingerprint density at radius 3 is 1.81 bits per heavy atom. The van der Waals surface area contributed by atoms with Crippen LogP contribution in [0.5, 0.6) is 0 Å². The van der Waals surface area contributed by atoms with Gasteiger partial charge in [0.2, 0.25) is 0 Å². The maximum absolute atomic E-state index is 10.2. The molecular weight excluding hydrogens is 759 g/mol. The van der Waals surface area contributed by atoms with E-state index in [0.717, 1.165) is 89.4 Å². The second-order valence-electron chi connectivity index (χ2n) is 15.6. The van der Waals surface area contributed by atoms with Gasteiger partial charge in [0.25, 0.3) is 0 Å². The lowest BCUT2D eigenvalue weighted by Crippen LogP contribution is -2.26. The molecule has 286 valence electrons. The highest BCUT2D eigenvalue weighted by atomic mass is 15.0. The van der Waals surface area contributed by atoms with E-state index in [1.807, 2.05) is 103 Å². The van der Waals surface area contributed by atoms with Gasteiger partial charge in [-0.2, -0.15) is 5.26 Å². The minimum absolute atomic E-state index is 0.534. The Morgan fingerprint density at radius 1 is 0.468 bits per heavy atom. The van der Waals surface area contributed by atoms with Gasteiger partial charge in [0.1, 0.15) is 5.65 Å². The van der Waals surface area contributed by atoms with Crippen LogP contribution in [-0.2, 0) is 5.41 Å². The maximum Gasteiger partial charge on any atom is 0.187 e. The number of imidazole rings is 1. The molecule has 2 aliphatic rings. The smallest absolute Gasteiger partial charge is 0.187 e. The highest BCUT2D eigenvalue weighted by Gasteiger charge is 2.52. The third-order valence-corrected chi connectivity index (χ3v) is 12.3. The van der Waals surface area contributed by atoms with Gasteiger partial charge in [-0.25, -0.2) is 24.8 Å². The number of pyridine rings is 1. The largest absolute Gasteiger partial charge is 0.299 e. The first-order valence-electron chi connectivity index (χ1n) is 20.4. The molecule has 0 radical (unpaired) electrons. The molecule has 0 aliphatic heterocycles. The van der Waals surface area contributed by atoms with E-state index in [4.69, 9.17) is 26.5 Å². The van der Waals surface area contributed by atoms with Crippen LogP contribution in [-0.4, -0.2) is 24.3 Å². The van der Waals surface area contributed by atoms with Crippen molar-refractivity contribution < 1.29 is 0 Å². The molecule has 2 aliphatic carbocycles. The summed E-state index contributed by atoms with van der Waals surface area (Å²) < 4.78 is 2.13. The van der Waals surface area contributed by atoms with Crippen LogP contribution in [0.4, 0.5) is 5.69 Å². The Kier molecular flexibility index (Phi) is 7.74. The van der Waals surface area contributed by atoms with E-state index >= 15 is 0 Å². The van der Waals surface area contributed by atoms with Crippen molar-refractivity contribution in [2.45, 2.75) is 5.41 Å². The quantitative estimate of drug-likeness (QED) is 0.162. The minimum atomic E-state index is -0.781. The molecule has 0 fully saturated rings. The summed E-state index contributed by atoms with van der Waals surface area (Å²) in [5, 5.41) is 10.2. The monoisotopic (exact) mass is 789 g/mol. The summed E-state index contributed by atoms with van der Waals surface area (Å²) in [7, 11) is 0. The number of nitrogens with zero attached hydrogens (tertiary/aromatic N) is 7. The molecule has 7 heteroatoms. The average Bonchev–Trinajstić information content (AvgIpc) is 3.98. The number of hydrogen-bond acceptors (Lipinski definition) is 5. The number of benzene rings is 7. The van der Waals surface area contributed by atoms with Crippen molar-refractivity contribution in [2.24, 2.45) is 0 Å². The fourth-order valence-electron chi connectivity index (χ4n) is 9.67. The van der Waals surface area contributed by atoms with Crippen LogP contribution in [0.2, 0.25) is 0 Å². The summed E-state index contributed by atoms with van der Waals surface area (Å²) in [6, 6.07) is 64.0. The van der Waals surface area contributed by atoms with E-state index in [2.05, 4.69) is 100 Å². The number of aromatic nitrogens is 5. The zero-order valence-corrected chi connectivity index (χ0v) is 33.0. The van der Waals surface area contributed by atoms with Crippen LogP contribution in [0.15, 0.2) is 188 Å². The molecule has 3 aromatic heterocycles. The lowest BCUT2D eigenvalue weighted by molar-refractivity contribution is 0.794. The van der Waals surface area contributed by atoms with Crippen molar-refractivity contribution in [3.05, 3.63) is 227 Å². The molecule has 0 N–H and O–H groups in total. The van der Waals surface area contributed by atoms with Gasteiger partial charge in [-0.05, 0) is 80.9 Å². The van der Waals surface area contributed by atoms with Crippen molar-refractivity contribution in [3.8, 4) is 85.0 Å². The summed E-state index contributed by atoms with van der Waals surface area (Å²) in [5.41, 5.74) is 16.2. The number of rotatable bonds is 5. The zero-order chi connectivity index (χ0) is 41.4. The van der Waals surface area contributed by atoms with Crippen LogP contribution < -0.4 is 0 Å². The summed E-state index contributed by atoms with van der Waals surface area (Å²) in [5.74, 6) is 1.64. The van der Waals surface area contributed by atoms with E-state index in [1.165, 1.54) is 0 Å². The van der Waals surface area contributed by atoms with Crippen molar-refractivity contribution in [2.75, 3.05) is 0 Å². The topological polar surface area (TPSA) is 84.1 Å². The molecular formula is C55H31N7. The summed E-state index contributed by atoms with van der Waals surface area (Å²) >= 11 is 0. The number of hydrogen-bond donors (Lipinski definition) is 0. The Bertz CT molecular complexity index is 3490. The van der Waals surface area contributed by atoms with Crippen molar-refractivity contribution >= 4 is 11.3 Å². The fraction of sp³-hybridized carbons (Fsp3) is 0.0182. The molecule has 1 unspecified atom stereocenters. The number of nitriles is 1. The molecule has 7 nitrogen and oxygen atoms in total. The van der Waals surface area contributed by atoms with Gasteiger partial charge in [0.05, 0.1) is 35.0 Å². The highest BCUT2D eigenvalue weighted by Crippen LogP contribution is 2.63. The first-order valence-corrected chi connectivity index (χ1v) is 20.4. The van der Waals surface area contributed by atoms with Crippen LogP contribution in [0, 0.1) is 17.9 Å². The molecule has 0 saturated carbocycles. The van der Waals surface area contributed by atoms with E-state index in [9.17, 15) is 5.26 Å². The van der Waals surface area contributed by atoms with Gasteiger partial charge in [-0.15, -0.1) is 0 Å². The Morgan fingerprint density at radius 2 is 1.05 bits per heavy atom. The fourth-order valence-corrected chi connectivity index (χ4v) is 9.67. The van der Waals surface area contributed by atoms with Gasteiger partial charge in [-0.1, -0.05) is 146 Å². The molecule has 0 amide bonds. The summed E-state index contributed by atoms with van der Waals surface area (Å²) in [4.78, 5) is 24.5. The molecule has 1 spiro atoms. The van der Waals surface area contributed by atoms with Gasteiger partial charge in [0, 0.05) is 34.0 Å². The molecule has 12 rings (SSSR count). The van der Waals surface area contributed by atoms with Crippen LogP contribution in [0.25, 0.3) is 89.4 Å². The van der Waals surface area contributed by atoms with E-state index in [1.54, 1.807) is 0 Å². The normalized spacial score (nSPS) is 14.2. The second-order valence-corrected chi connectivity index (χ2v) is 15.6. The van der Waals surface area contributed by atoms with Gasteiger partial charge in [-0.3, -0.25) is 4.40 Å². The Balaban J connectivity index is 1.08. The Labute approximate surface area is 357 Å². The van der Waals surface area contributed by atoms with E-state index in [-0.39, 0.29) is 0 Å². The van der Waals surface area contributed by atoms with E-state index in [0.29, 0.717) is 28.7 Å². The molecule has 10 aromatic rings. The van der Waals surface area contributed by atoms with Gasteiger partial charge in [0.15, 0.2) is 23.2 Å². The van der Waals surface area contributed by atoms with Crippen LogP contribution in [0.3, 0.4) is 0 Å². The van der Waals surface area contributed by atoms with Gasteiger partial charge < -0.3 is 0 Å². The number of fused-ring (bicyclic) bond motifs is 11. The Hall–Kier alpha value is -8.78. The van der Waals surface area contributed by atoms with Gasteiger partial charge >= 0.3 is 0 Å². The first kappa shape index (κ1) is 35.2. The van der Waals surface area contributed by atoms with Crippen LogP contribution in [0.1, 0.15) is 27.8 Å². The summed E-state index contributed by atoms with van der Waals surface area (Å²) in [6.07, 6.45) is 2.05. The molecule has 7 aromatic carbocycles. The molecule has 1 atom stereocenters. The molecule has 0 saturated heterocycles. The minimum Gasteiger partial charge on any atom is -0.299 e. The SMILES string of the molecule is [C-]#[N+]c1ccc2c(c1)C1(c3ccccc3-c3ccc(-c4nc(-c5ccccc5)nc(-c5cccc(-c6c(-c7ccccc7)nc7ccccn67)c5)n4)cc31)c1cc(C#N)ccc1-2. The van der Waals surface area contributed by atoms with Crippen LogP contribution >= 0.6 is 0 Å². The second kappa shape index (κ2) is 13.6. The average molecular weight is 790 g/mol. The third kappa shape index (κ3) is 5.16. The highest BCUT2D eigenvalue weighted by molar-refractivity contribution is 5.97. The summed E-state index contributed by atoms with van der Waals surface area (Å²) in [6.45, 7) is 8.00. The van der Waals surface area contributed by atoms with E-state index < -0.39 is 5.41 Å². The molecule has 62 heavy (non-hydrogen) atoms.